The minimum atomic E-state index is 0.712. The summed E-state index contributed by atoms with van der Waals surface area (Å²) in [4.78, 5) is 4.57. The average molecular weight is 316 g/mol. The molecule has 0 radical (unpaired) electrons. The van der Waals surface area contributed by atoms with Gasteiger partial charge in [-0.2, -0.15) is 0 Å². The van der Waals surface area contributed by atoms with Crippen molar-refractivity contribution in [2.24, 2.45) is 0 Å². The molecule has 19 heavy (non-hydrogen) atoms. The van der Waals surface area contributed by atoms with Crippen LogP contribution in [0.2, 0.25) is 0 Å². The number of fused-ring (bicyclic) bond motifs is 1. The van der Waals surface area contributed by atoms with Crippen LogP contribution in [-0.2, 0) is 6.54 Å². The Kier molecular flexibility index (Phi) is 3.25. The summed E-state index contributed by atoms with van der Waals surface area (Å²) in [6.45, 7) is 2.80. The molecule has 0 aliphatic rings. The highest BCUT2D eigenvalue weighted by atomic mass is 79.9. The number of benzene rings is 1. The summed E-state index contributed by atoms with van der Waals surface area (Å²) in [7, 11) is 0. The van der Waals surface area contributed by atoms with Gasteiger partial charge in [0, 0.05) is 22.6 Å². The van der Waals surface area contributed by atoms with E-state index in [9.17, 15) is 0 Å². The number of anilines is 1. The molecule has 3 nitrogen and oxygen atoms in total. The zero-order valence-electron chi connectivity index (χ0n) is 10.6. The van der Waals surface area contributed by atoms with Crippen molar-refractivity contribution in [3.8, 4) is 0 Å². The molecule has 0 amide bonds. The van der Waals surface area contributed by atoms with E-state index in [2.05, 4.69) is 51.4 Å². The van der Waals surface area contributed by atoms with E-state index in [0.29, 0.717) is 6.54 Å². The molecule has 0 aliphatic carbocycles. The lowest BCUT2D eigenvalue weighted by Gasteiger charge is -2.07. The maximum atomic E-state index is 4.57. The van der Waals surface area contributed by atoms with Crippen molar-refractivity contribution in [3.05, 3.63) is 64.5 Å². The molecule has 0 atom stereocenters. The highest BCUT2D eigenvalue weighted by Gasteiger charge is 2.03. The molecule has 3 rings (SSSR count). The fourth-order valence-corrected chi connectivity index (χ4v) is 2.42. The molecule has 2 aromatic heterocycles. The Morgan fingerprint density at radius 3 is 3.00 bits per heavy atom. The Morgan fingerprint density at radius 2 is 2.16 bits per heavy atom. The Bertz CT molecular complexity index is 685. The van der Waals surface area contributed by atoms with Crippen LogP contribution >= 0.6 is 15.9 Å². The largest absolute Gasteiger partial charge is 0.378 e. The van der Waals surface area contributed by atoms with Crippen LogP contribution in [0.15, 0.2) is 53.3 Å². The first-order chi connectivity index (χ1) is 9.22. The number of nitrogens with zero attached hydrogens (tertiary/aromatic N) is 2. The highest BCUT2D eigenvalue weighted by Crippen LogP contribution is 2.23. The smallest absolute Gasteiger partial charge is 0.137 e. The second-order valence-electron chi connectivity index (χ2n) is 4.54. The Hall–Kier alpha value is -1.81. The molecule has 0 unspecified atom stereocenters. The van der Waals surface area contributed by atoms with Crippen LogP contribution in [0.5, 0.6) is 0 Å². The molecule has 0 saturated heterocycles. The molecule has 0 aliphatic heterocycles. The van der Waals surface area contributed by atoms with Gasteiger partial charge in [0.1, 0.15) is 5.65 Å². The zero-order valence-corrected chi connectivity index (χ0v) is 12.2. The first-order valence-corrected chi connectivity index (χ1v) is 6.94. The van der Waals surface area contributed by atoms with Crippen molar-refractivity contribution >= 4 is 27.3 Å². The maximum absolute atomic E-state index is 4.57. The van der Waals surface area contributed by atoms with E-state index in [0.717, 1.165) is 21.5 Å². The summed E-state index contributed by atoms with van der Waals surface area (Å²) in [5, 5.41) is 3.41. The fraction of sp³-hybridized carbons (Fsp3) is 0.133. The van der Waals surface area contributed by atoms with E-state index in [1.54, 1.807) is 0 Å². The molecular weight excluding hydrogens is 302 g/mol. The summed E-state index contributed by atoms with van der Waals surface area (Å²) in [5.74, 6) is 0. The summed E-state index contributed by atoms with van der Waals surface area (Å²) in [6.07, 6.45) is 4.06. The molecular formula is C15H14BrN3. The van der Waals surface area contributed by atoms with Gasteiger partial charge < -0.3 is 9.72 Å². The van der Waals surface area contributed by atoms with Crippen LogP contribution in [-0.4, -0.2) is 9.38 Å². The van der Waals surface area contributed by atoms with Crippen molar-refractivity contribution in [2.75, 3.05) is 5.32 Å². The lowest BCUT2D eigenvalue weighted by Crippen LogP contribution is -2.00. The maximum Gasteiger partial charge on any atom is 0.137 e. The first kappa shape index (κ1) is 12.2. The third-order valence-corrected chi connectivity index (χ3v) is 3.69. The minimum Gasteiger partial charge on any atom is -0.378 e. The quantitative estimate of drug-likeness (QED) is 0.791. The van der Waals surface area contributed by atoms with Gasteiger partial charge in [0.2, 0.25) is 0 Å². The van der Waals surface area contributed by atoms with Crippen molar-refractivity contribution in [1.82, 2.24) is 9.38 Å². The van der Waals surface area contributed by atoms with Gasteiger partial charge in [-0.25, -0.2) is 4.98 Å². The number of halogens is 1. The minimum absolute atomic E-state index is 0.712. The van der Waals surface area contributed by atoms with Crippen LogP contribution in [0.3, 0.4) is 0 Å². The lowest BCUT2D eigenvalue weighted by molar-refractivity contribution is 1.08. The predicted octanol–water partition coefficient (Wildman–Crippen LogP) is 4.02. The molecule has 3 aromatic rings. The number of aromatic nitrogens is 2. The third-order valence-electron chi connectivity index (χ3n) is 3.00. The molecule has 0 fully saturated rings. The van der Waals surface area contributed by atoms with Crippen LogP contribution in [0.1, 0.15) is 11.3 Å². The molecule has 0 saturated carbocycles. The predicted molar refractivity (Wildman–Crippen MR) is 81.4 cm³/mol. The van der Waals surface area contributed by atoms with Crippen LogP contribution in [0.25, 0.3) is 5.65 Å². The summed E-state index contributed by atoms with van der Waals surface area (Å²) >= 11 is 3.55. The summed E-state index contributed by atoms with van der Waals surface area (Å²) < 4.78 is 3.10. The standard InChI is InChI=1S/C15H14BrN3/c1-11-5-6-13(16)14(8-11)17-9-12-10-19-7-3-2-4-15(19)18-12/h2-8,10,17H,9H2,1H3. The number of hydrogen-bond donors (Lipinski definition) is 1. The monoisotopic (exact) mass is 315 g/mol. The number of rotatable bonds is 3. The number of hydrogen-bond acceptors (Lipinski definition) is 2. The van der Waals surface area contributed by atoms with E-state index < -0.39 is 0 Å². The second kappa shape index (κ2) is 5.05. The van der Waals surface area contributed by atoms with Crippen molar-refractivity contribution in [3.63, 3.8) is 0 Å². The van der Waals surface area contributed by atoms with E-state index in [1.807, 2.05) is 35.0 Å². The molecule has 1 aromatic carbocycles. The summed E-state index contributed by atoms with van der Waals surface area (Å²) in [5.41, 5.74) is 4.33. The van der Waals surface area contributed by atoms with Gasteiger partial charge in [-0.1, -0.05) is 12.1 Å². The first-order valence-electron chi connectivity index (χ1n) is 6.15. The van der Waals surface area contributed by atoms with Crippen LogP contribution < -0.4 is 5.32 Å². The van der Waals surface area contributed by atoms with Gasteiger partial charge in [-0.15, -0.1) is 0 Å². The Labute approximate surface area is 120 Å². The molecule has 1 N–H and O–H groups in total. The van der Waals surface area contributed by atoms with E-state index in [-0.39, 0.29) is 0 Å². The highest BCUT2D eigenvalue weighted by molar-refractivity contribution is 9.10. The van der Waals surface area contributed by atoms with E-state index >= 15 is 0 Å². The van der Waals surface area contributed by atoms with Crippen molar-refractivity contribution in [1.29, 1.82) is 0 Å². The lowest BCUT2D eigenvalue weighted by atomic mass is 10.2. The topological polar surface area (TPSA) is 29.3 Å². The molecule has 0 spiro atoms. The Balaban J connectivity index is 1.80. The number of aryl methyl sites for hydroxylation is 1. The SMILES string of the molecule is Cc1ccc(Br)c(NCc2cn3ccccc3n2)c1. The average Bonchev–Trinajstić information content (AvgIpc) is 2.82. The Morgan fingerprint density at radius 1 is 1.26 bits per heavy atom. The summed E-state index contributed by atoms with van der Waals surface area (Å²) in [6, 6.07) is 12.3. The number of pyridine rings is 1. The van der Waals surface area contributed by atoms with Gasteiger partial charge >= 0.3 is 0 Å². The van der Waals surface area contributed by atoms with Crippen molar-refractivity contribution < 1.29 is 0 Å². The van der Waals surface area contributed by atoms with Gasteiger partial charge in [0.15, 0.2) is 0 Å². The van der Waals surface area contributed by atoms with Gasteiger partial charge in [0.25, 0.3) is 0 Å². The normalized spacial score (nSPS) is 10.8. The van der Waals surface area contributed by atoms with Gasteiger partial charge in [-0.3, -0.25) is 0 Å². The molecule has 96 valence electrons. The van der Waals surface area contributed by atoms with Gasteiger partial charge in [-0.05, 0) is 52.7 Å². The van der Waals surface area contributed by atoms with E-state index in [4.69, 9.17) is 0 Å². The van der Waals surface area contributed by atoms with Gasteiger partial charge in [0.05, 0.1) is 12.2 Å². The molecule has 2 heterocycles. The van der Waals surface area contributed by atoms with Crippen LogP contribution in [0, 0.1) is 6.92 Å². The number of imidazole rings is 1. The third kappa shape index (κ3) is 2.63. The second-order valence-corrected chi connectivity index (χ2v) is 5.39. The molecule has 4 heteroatoms. The van der Waals surface area contributed by atoms with Crippen LogP contribution in [0.4, 0.5) is 5.69 Å². The van der Waals surface area contributed by atoms with Crippen molar-refractivity contribution in [2.45, 2.75) is 13.5 Å². The fourth-order valence-electron chi connectivity index (χ4n) is 2.03. The van der Waals surface area contributed by atoms with E-state index in [1.165, 1.54) is 5.56 Å². The molecule has 0 bridgehead atoms. The zero-order chi connectivity index (χ0) is 13.2. The number of nitrogens with one attached hydrogen (secondary N) is 1.